The quantitative estimate of drug-likeness (QED) is 0.758. The summed E-state index contributed by atoms with van der Waals surface area (Å²) in [5.74, 6) is 0.0427. The van der Waals surface area contributed by atoms with Gasteiger partial charge in [-0.25, -0.2) is 4.98 Å². The monoisotopic (exact) mass is 252 g/mol. The van der Waals surface area contributed by atoms with E-state index in [1.54, 1.807) is 18.3 Å². The van der Waals surface area contributed by atoms with E-state index in [0.717, 1.165) is 12.8 Å². The highest BCUT2D eigenvalue weighted by molar-refractivity contribution is 6.29. The Labute approximate surface area is 107 Å². The van der Waals surface area contributed by atoms with E-state index in [4.69, 9.17) is 11.6 Å². The zero-order valence-corrected chi connectivity index (χ0v) is 10.8. The summed E-state index contributed by atoms with van der Waals surface area (Å²) in [6.45, 7) is 0. The van der Waals surface area contributed by atoms with E-state index in [1.807, 2.05) is 11.9 Å². The van der Waals surface area contributed by atoms with Crippen molar-refractivity contribution in [1.82, 2.24) is 9.88 Å². The van der Waals surface area contributed by atoms with Gasteiger partial charge in [-0.2, -0.15) is 0 Å². The Morgan fingerprint density at radius 1 is 1.35 bits per heavy atom. The number of halogens is 1. The molecule has 1 saturated carbocycles. The first-order valence-corrected chi connectivity index (χ1v) is 6.45. The van der Waals surface area contributed by atoms with Crippen LogP contribution < -0.4 is 0 Å². The fourth-order valence-corrected chi connectivity index (χ4v) is 2.45. The standard InChI is InChI=1S/C13H17ClN2O/c1-16(11-5-3-2-4-6-11)13(17)10-7-8-12(14)15-9-10/h7-9,11H,2-6H2,1H3. The molecule has 1 fully saturated rings. The maximum absolute atomic E-state index is 12.2. The molecule has 1 heterocycles. The lowest BCUT2D eigenvalue weighted by molar-refractivity contribution is 0.0696. The minimum absolute atomic E-state index is 0.0427. The number of carbonyl (C=O) groups is 1. The van der Waals surface area contributed by atoms with Crippen LogP contribution in [0.2, 0.25) is 5.15 Å². The van der Waals surface area contributed by atoms with Crippen LogP contribution in [0.25, 0.3) is 0 Å². The van der Waals surface area contributed by atoms with Crippen molar-refractivity contribution in [3.63, 3.8) is 0 Å². The van der Waals surface area contributed by atoms with E-state index in [9.17, 15) is 4.79 Å². The number of rotatable bonds is 2. The van der Waals surface area contributed by atoms with E-state index in [0.29, 0.717) is 16.8 Å². The van der Waals surface area contributed by atoms with Gasteiger partial charge in [-0.05, 0) is 25.0 Å². The SMILES string of the molecule is CN(C(=O)c1ccc(Cl)nc1)C1CCCCC1. The smallest absolute Gasteiger partial charge is 0.255 e. The van der Waals surface area contributed by atoms with Crippen LogP contribution in [0.4, 0.5) is 0 Å². The Hall–Kier alpha value is -1.09. The average Bonchev–Trinajstić information content (AvgIpc) is 2.39. The Balaban J connectivity index is 2.05. The molecule has 1 aromatic rings. The maximum Gasteiger partial charge on any atom is 0.255 e. The molecule has 1 aliphatic carbocycles. The number of nitrogens with zero attached hydrogens (tertiary/aromatic N) is 2. The lowest BCUT2D eigenvalue weighted by Gasteiger charge is -2.31. The van der Waals surface area contributed by atoms with Gasteiger partial charge in [0.2, 0.25) is 0 Å². The van der Waals surface area contributed by atoms with Gasteiger partial charge in [0.15, 0.2) is 0 Å². The Morgan fingerprint density at radius 3 is 2.65 bits per heavy atom. The first-order valence-electron chi connectivity index (χ1n) is 6.07. The third-order valence-electron chi connectivity index (χ3n) is 3.42. The third-order valence-corrected chi connectivity index (χ3v) is 3.64. The van der Waals surface area contributed by atoms with E-state index >= 15 is 0 Å². The molecule has 1 aliphatic rings. The summed E-state index contributed by atoms with van der Waals surface area (Å²) >= 11 is 5.71. The van der Waals surface area contributed by atoms with Gasteiger partial charge in [0.1, 0.15) is 5.15 Å². The van der Waals surface area contributed by atoms with Crippen LogP contribution in [-0.4, -0.2) is 28.9 Å². The predicted octanol–water partition coefficient (Wildman–Crippen LogP) is 3.14. The summed E-state index contributed by atoms with van der Waals surface area (Å²) in [5, 5.41) is 0.418. The first-order chi connectivity index (χ1) is 8.18. The molecule has 0 spiro atoms. The second kappa shape index (κ2) is 5.50. The summed E-state index contributed by atoms with van der Waals surface area (Å²) in [4.78, 5) is 18.0. The molecule has 0 unspecified atom stereocenters. The van der Waals surface area contributed by atoms with Crippen LogP contribution in [0.3, 0.4) is 0 Å². The van der Waals surface area contributed by atoms with Crippen molar-refractivity contribution < 1.29 is 4.79 Å². The fraction of sp³-hybridized carbons (Fsp3) is 0.538. The zero-order valence-electron chi connectivity index (χ0n) is 10.0. The molecule has 0 N–H and O–H groups in total. The molecule has 0 radical (unpaired) electrons. The molecule has 17 heavy (non-hydrogen) atoms. The number of hydrogen-bond donors (Lipinski definition) is 0. The first kappa shape index (κ1) is 12.4. The molecule has 2 rings (SSSR count). The fourth-order valence-electron chi connectivity index (χ4n) is 2.34. The highest BCUT2D eigenvalue weighted by atomic mass is 35.5. The van der Waals surface area contributed by atoms with Crippen molar-refractivity contribution in [2.45, 2.75) is 38.1 Å². The van der Waals surface area contributed by atoms with Crippen LogP contribution in [0.1, 0.15) is 42.5 Å². The summed E-state index contributed by atoms with van der Waals surface area (Å²) in [5.41, 5.74) is 0.613. The van der Waals surface area contributed by atoms with Gasteiger partial charge in [0, 0.05) is 19.3 Å². The molecule has 1 aromatic heterocycles. The van der Waals surface area contributed by atoms with Crippen molar-refractivity contribution in [3.05, 3.63) is 29.0 Å². The molecule has 4 heteroatoms. The minimum Gasteiger partial charge on any atom is -0.339 e. The summed E-state index contributed by atoms with van der Waals surface area (Å²) in [7, 11) is 1.88. The Kier molecular flexibility index (Phi) is 4.00. The lowest BCUT2D eigenvalue weighted by atomic mass is 9.94. The molecule has 92 valence electrons. The van der Waals surface area contributed by atoms with Crippen molar-refractivity contribution in [3.8, 4) is 0 Å². The number of amides is 1. The molecular weight excluding hydrogens is 236 g/mol. The van der Waals surface area contributed by atoms with Crippen LogP contribution in [-0.2, 0) is 0 Å². The number of hydrogen-bond acceptors (Lipinski definition) is 2. The van der Waals surface area contributed by atoms with Crippen molar-refractivity contribution in [1.29, 1.82) is 0 Å². The average molecular weight is 253 g/mol. The van der Waals surface area contributed by atoms with Gasteiger partial charge in [0.05, 0.1) is 5.56 Å². The van der Waals surface area contributed by atoms with Crippen LogP contribution in [0, 0.1) is 0 Å². The van der Waals surface area contributed by atoms with Crippen LogP contribution >= 0.6 is 11.6 Å². The summed E-state index contributed by atoms with van der Waals surface area (Å²) in [6, 6.07) is 3.77. The van der Waals surface area contributed by atoms with Crippen LogP contribution in [0.15, 0.2) is 18.3 Å². The van der Waals surface area contributed by atoms with Gasteiger partial charge in [-0.15, -0.1) is 0 Å². The zero-order chi connectivity index (χ0) is 12.3. The minimum atomic E-state index is 0.0427. The number of carbonyl (C=O) groups excluding carboxylic acids is 1. The number of aromatic nitrogens is 1. The highest BCUT2D eigenvalue weighted by Gasteiger charge is 2.22. The van der Waals surface area contributed by atoms with Gasteiger partial charge >= 0.3 is 0 Å². The molecule has 0 atom stereocenters. The van der Waals surface area contributed by atoms with Gasteiger partial charge in [-0.1, -0.05) is 30.9 Å². The largest absolute Gasteiger partial charge is 0.339 e. The predicted molar refractivity (Wildman–Crippen MR) is 68.2 cm³/mol. The maximum atomic E-state index is 12.2. The lowest BCUT2D eigenvalue weighted by Crippen LogP contribution is -2.38. The van der Waals surface area contributed by atoms with Crippen LogP contribution in [0.5, 0.6) is 0 Å². The van der Waals surface area contributed by atoms with E-state index < -0.39 is 0 Å². The molecule has 0 saturated heterocycles. The van der Waals surface area contributed by atoms with Crippen molar-refractivity contribution >= 4 is 17.5 Å². The molecule has 0 bridgehead atoms. The summed E-state index contributed by atoms with van der Waals surface area (Å²) < 4.78 is 0. The topological polar surface area (TPSA) is 33.2 Å². The number of pyridine rings is 1. The van der Waals surface area contributed by atoms with E-state index in [1.165, 1.54) is 19.3 Å². The Bertz CT molecular complexity index is 385. The van der Waals surface area contributed by atoms with E-state index in [-0.39, 0.29) is 5.91 Å². The van der Waals surface area contributed by atoms with Gasteiger partial charge in [0.25, 0.3) is 5.91 Å². The van der Waals surface area contributed by atoms with E-state index in [2.05, 4.69) is 4.98 Å². The molecular formula is C13H17ClN2O. The van der Waals surface area contributed by atoms with Gasteiger partial charge < -0.3 is 4.90 Å². The second-order valence-corrected chi connectivity index (χ2v) is 4.96. The van der Waals surface area contributed by atoms with Crippen molar-refractivity contribution in [2.75, 3.05) is 7.05 Å². The summed E-state index contributed by atoms with van der Waals surface area (Å²) in [6.07, 6.45) is 7.51. The molecule has 0 aromatic carbocycles. The Morgan fingerprint density at radius 2 is 2.06 bits per heavy atom. The molecule has 0 aliphatic heterocycles. The second-order valence-electron chi connectivity index (χ2n) is 4.58. The normalized spacial score (nSPS) is 16.8. The van der Waals surface area contributed by atoms with Gasteiger partial charge in [-0.3, -0.25) is 4.79 Å². The molecule has 1 amide bonds. The molecule has 3 nitrogen and oxygen atoms in total. The third kappa shape index (κ3) is 2.97. The van der Waals surface area contributed by atoms with Crippen molar-refractivity contribution in [2.24, 2.45) is 0 Å². The highest BCUT2D eigenvalue weighted by Crippen LogP contribution is 2.22.